The van der Waals surface area contributed by atoms with Crippen LogP contribution in [0.3, 0.4) is 0 Å². The summed E-state index contributed by atoms with van der Waals surface area (Å²) in [5.41, 5.74) is 3.65. The lowest BCUT2D eigenvalue weighted by Gasteiger charge is -2.26. The third-order valence-electron chi connectivity index (χ3n) is 5.90. The highest BCUT2D eigenvalue weighted by molar-refractivity contribution is 6.00. The summed E-state index contributed by atoms with van der Waals surface area (Å²) >= 11 is 0. The summed E-state index contributed by atoms with van der Waals surface area (Å²) in [6.45, 7) is 0.269. The Hall–Kier alpha value is -4.20. The van der Waals surface area contributed by atoms with Gasteiger partial charge in [-0.25, -0.2) is 0 Å². The highest BCUT2D eigenvalue weighted by Gasteiger charge is 2.44. The smallest absolute Gasteiger partial charge is 0.273 e. The number of nitrogens with zero attached hydrogens (tertiary/aromatic N) is 3. The molecule has 1 N–H and O–H groups in total. The maximum absolute atomic E-state index is 13.7. The molecule has 8 heteroatoms. The van der Waals surface area contributed by atoms with E-state index in [0.717, 1.165) is 22.4 Å². The number of fused-ring (bicyclic) bond motifs is 1. The zero-order valence-corrected chi connectivity index (χ0v) is 18.5. The van der Waals surface area contributed by atoms with Crippen LogP contribution in [0, 0.1) is 0 Å². The minimum absolute atomic E-state index is 0.0969. The highest BCUT2D eigenvalue weighted by Crippen LogP contribution is 2.47. The number of methoxy groups -OCH3 is 2. The average Bonchev–Trinajstić information content (AvgIpc) is 3.53. The fourth-order valence-electron chi connectivity index (χ4n) is 4.42. The summed E-state index contributed by atoms with van der Waals surface area (Å²) in [7, 11) is 4.72. The van der Waals surface area contributed by atoms with Gasteiger partial charge in [0.05, 0.1) is 38.8 Å². The summed E-state index contributed by atoms with van der Waals surface area (Å²) in [6.07, 6.45) is 1.58. The molecular weight excluding hydrogens is 422 g/mol. The molecule has 0 aliphatic carbocycles. The van der Waals surface area contributed by atoms with Crippen molar-refractivity contribution in [3.05, 3.63) is 83.4 Å². The van der Waals surface area contributed by atoms with Crippen molar-refractivity contribution in [2.24, 2.45) is 7.05 Å². The highest BCUT2D eigenvalue weighted by atomic mass is 16.5. The number of rotatable bonds is 6. The Labute approximate surface area is 190 Å². The molecule has 0 radical (unpaired) electrons. The molecule has 2 aromatic heterocycles. The number of phenolic OH excluding ortho intramolecular Hbond substituents is 1. The van der Waals surface area contributed by atoms with Crippen LogP contribution in [-0.4, -0.2) is 39.9 Å². The molecule has 0 fully saturated rings. The molecule has 0 bridgehead atoms. The molecule has 1 atom stereocenters. The Balaban J connectivity index is 1.74. The Morgan fingerprint density at radius 2 is 1.76 bits per heavy atom. The largest absolute Gasteiger partial charge is 0.502 e. The second kappa shape index (κ2) is 8.05. The third-order valence-corrected chi connectivity index (χ3v) is 5.90. The molecule has 33 heavy (non-hydrogen) atoms. The van der Waals surface area contributed by atoms with E-state index in [1.165, 1.54) is 14.2 Å². The first-order valence-corrected chi connectivity index (χ1v) is 10.4. The first-order valence-electron chi connectivity index (χ1n) is 10.4. The predicted molar refractivity (Wildman–Crippen MR) is 120 cm³/mol. The summed E-state index contributed by atoms with van der Waals surface area (Å²) < 4.78 is 18.0. The van der Waals surface area contributed by atoms with Crippen LogP contribution >= 0.6 is 0 Å². The van der Waals surface area contributed by atoms with E-state index in [2.05, 4.69) is 0 Å². The van der Waals surface area contributed by atoms with Crippen molar-refractivity contribution in [3.63, 3.8) is 0 Å². The minimum Gasteiger partial charge on any atom is -0.502 e. The molecule has 0 saturated heterocycles. The summed E-state index contributed by atoms with van der Waals surface area (Å²) in [5.74, 6) is 0.921. The zero-order chi connectivity index (χ0) is 23.1. The van der Waals surface area contributed by atoms with Gasteiger partial charge in [0.25, 0.3) is 5.91 Å². The molecule has 0 unspecified atom stereocenters. The molecule has 1 aliphatic heterocycles. The molecule has 0 spiro atoms. The van der Waals surface area contributed by atoms with Gasteiger partial charge in [-0.15, -0.1) is 0 Å². The van der Waals surface area contributed by atoms with Crippen LogP contribution in [0.5, 0.6) is 17.2 Å². The standard InChI is InChI=1S/C25H23N3O5/c1-27-23-20(21(26-27)15-8-5-4-6-9-15)22(28(25(23)30)14-17-10-7-11-33-17)16-12-18(31-2)24(29)19(13-16)32-3/h4-13,22,29H,14H2,1-3H3/t22-/m0/s1. The topological polar surface area (TPSA) is 90.0 Å². The van der Waals surface area contributed by atoms with Gasteiger partial charge < -0.3 is 23.9 Å². The number of carbonyl (C=O) groups excluding carboxylic acids is 1. The molecule has 2 aromatic carbocycles. The number of benzene rings is 2. The zero-order valence-electron chi connectivity index (χ0n) is 18.5. The number of amides is 1. The van der Waals surface area contributed by atoms with Gasteiger partial charge in [0.2, 0.25) is 5.75 Å². The van der Waals surface area contributed by atoms with Crippen molar-refractivity contribution >= 4 is 5.91 Å². The Bertz CT molecular complexity index is 1290. The van der Waals surface area contributed by atoms with Gasteiger partial charge in [-0.2, -0.15) is 5.10 Å². The molecule has 3 heterocycles. The van der Waals surface area contributed by atoms with E-state index >= 15 is 0 Å². The number of hydrogen-bond acceptors (Lipinski definition) is 6. The first-order chi connectivity index (χ1) is 16.0. The van der Waals surface area contributed by atoms with E-state index in [-0.39, 0.29) is 29.7 Å². The van der Waals surface area contributed by atoms with Crippen molar-refractivity contribution in [1.29, 1.82) is 0 Å². The lowest BCUT2D eigenvalue weighted by atomic mass is 9.95. The first kappa shape index (κ1) is 20.7. The predicted octanol–water partition coefficient (Wildman–Crippen LogP) is 4.15. The molecule has 0 saturated carbocycles. The summed E-state index contributed by atoms with van der Waals surface area (Å²) in [6, 6.07) is 16.3. The molecule has 1 amide bonds. The van der Waals surface area contributed by atoms with Crippen LogP contribution in [0.25, 0.3) is 11.3 Å². The van der Waals surface area contributed by atoms with E-state index in [4.69, 9.17) is 19.0 Å². The Morgan fingerprint density at radius 1 is 1.06 bits per heavy atom. The van der Waals surface area contributed by atoms with Crippen molar-refractivity contribution in [3.8, 4) is 28.5 Å². The lowest BCUT2D eigenvalue weighted by Crippen LogP contribution is -2.29. The monoisotopic (exact) mass is 445 g/mol. The number of aromatic hydroxyl groups is 1. The minimum atomic E-state index is -0.495. The fourth-order valence-corrected chi connectivity index (χ4v) is 4.42. The van der Waals surface area contributed by atoms with Gasteiger partial charge in [-0.3, -0.25) is 9.48 Å². The van der Waals surface area contributed by atoms with E-state index in [0.29, 0.717) is 11.5 Å². The Morgan fingerprint density at radius 3 is 2.36 bits per heavy atom. The van der Waals surface area contributed by atoms with Crippen molar-refractivity contribution in [2.75, 3.05) is 14.2 Å². The molecule has 8 nitrogen and oxygen atoms in total. The van der Waals surface area contributed by atoms with Gasteiger partial charge in [0.15, 0.2) is 11.5 Å². The number of aryl methyl sites for hydroxylation is 1. The SMILES string of the molecule is COc1cc([C@H]2c3c(-c4ccccc4)nn(C)c3C(=O)N2Cc2ccco2)cc(OC)c1O. The van der Waals surface area contributed by atoms with E-state index in [1.54, 1.807) is 41.1 Å². The molecular formula is C25H23N3O5. The van der Waals surface area contributed by atoms with Gasteiger partial charge >= 0.3 is 0 Å². The van der Waals surface area contributed by atoms with Crippen LogP contribution in [0.4, 0.5) is 0 Å². The lowest BCUT2D eigenvalue weighted by molar-refractivity contribution is 0.0712. The van der Waals surface area contributed by atoms with Gasteiger partial charge in [-0.1, -0.05) is 30.3 Å². The normalized spacial score (nSPS) is 15.1. The number of hydrogen-bond donors (Lipinski definition) is 1. The quantitative estimate of drug-likeness (QED) is 0.480. The fraction of sp³-hybridized carbons (Fsp3) is 0.200. The van der Waals surface area contributed by atoms with Crippen LogP contribution in [-0.2, 0) is 13.6 Å². The molecule has 5 rings (SSSR count). The third kappa shape index (κ3) is 3.31. The maximum Gasteiger partial charge on any atom is 0.273 e. The van der Waals surface area contributed by atoms with Crippen LogP contribution in [0.2, 0.25) is 0 Å². The van der Waals surface area contributed by atoms with Gasteiger partial charge in [0, 0.05) is 18.2 Å². The number of carbonyl (C=O) groups is 1. The summed E-state index contributed by atoms with van der Waals surface area (Å²) in [5, 5.41) is 15.1. The van der Waals surface area contributed by atoms with Crippen LogP contribution in [0.15, 0.2) is 65.3 Å². The van der Waals surface area contributed by atoms with Crippen LogP contribution < -0.4 is 9.47 Å². The molecule has 4 aromatic rings. The van der Waals surface area contributed by atoms with Gasteiger partial charge in [0.1, 0.15) is 11.5 Å². The second-order valence-corrected chi connectivity index (χ2v) is 7.79. The summed E-state index contributed by atoms with van der Waals surface area (Å²) in [4.78, 5) is 15.4. The van der Waals surface area contributed by atoms with Crippen molar-refractivity contribution in [2.45, 2.75) is 12.6 Å². The number of furan rings is 1. The van der Waals surface area contributed by atoms with Crippen LogP contribution in [0.1, 0.15) is 33.4 Å². The second-order valence-electron chi connectivity index (χ2n) is 7.79. The van der Waals surface area contributed by atoms with E-state index in [9.17, 15) is 9.90 Å². The number of ether oxygens (including phenoxy) is 2. The number of aromatic nitrogens is 2. The Kier molecular flexibility index (Phi) is 5.05. The maximum atomic E-state index is 13.7. The van der Waals surface area contributed by atoms with Crippen molar-refractivity contribution < 1.29 is 23.8 Å². The molecule has 168 valence electrons. The molecule has 1 aliphatic rings. The number of phenols is 1. The van der Waals surface area contributed by atoms with Gasteiger partial charge in [-0.05, 0) is 29.8 Å². The van der Waals surface area contributed by atoms with Crippen molar-refractivity contribution in [1.82, 2.24) is 14.7 Å². The van der Waals surface area contributed by atoms with E-state index < -0.39 is 6.04 Å². The average molecular weight is 445 g/mol. The van der Waals surface area contributed by atoms with E-state index in [1.807, 2.05) is 36.4 Å².